The van der Waals surface area contributed by atoms with E-state index in [2.05, 4.69) is 15.4 Å². The van der Waals surface area contributed by atoms with Crippen LogP contribution in [0.1, 0.15) is 61.0 Å². The number of benzene rings is 2. The number of amides is 3. The summed E-state index contributed by atoms with van der Waals surface area (Å²) in [5.41, 5.74) is 5.81. The van der Waals surface area contributed by atoms with Gasteiger partial charge < -0.3 is 21.3 Å². The highest BCUT2D eigenvalue weighted by Crippen LogP contribution is 2.29. The molecule has 0 unspecified atom stereocenters. The number of carbonyl (C=O) groups is 3. The van der Waals surface area contributed by atoms with E-state index in [1.165, 1.54) is 30.0 Å². The summed E-state index contributed by atoms with van der Waals surface area (Å²) in [7, 11) is -0.828. The highest BCUT2D eigenvalue weighted by Gasteiger charge is 2.41. The first-order valence-corrected chi connectivity index (χ1v) is 16.1. The molecule has 10 nitrogen and oxygen atoms in total. The van der Waals surface area contributed by atoms with Gasteiger partial charge in [0.15, 0.2) is 0 Å². The molecule has 0 spiro atoms. The van der Waals surface area contributed by atoms with Crippen molar-refractivity contribution in [3.63, 3.8) is 0 Å². The van der Waals surface area contributed by atoms with E-state index in [-0.39, 0.29) is 33.9 Å². The van der Waals surface area contributed by atoms with Crippen LogP contribution >= 0.6 is 0 Å². The number of nitrogens with zero attached hydrogens (tertiary/aromatic N) is 1. The zero-order chi connectivity index (χ0) is 33.6. The fraction of sp³-hybridized carbons (Fsp3) is 0.485. The molecule has 2 rings (SSSR count). The van der Waals surface area contributed by atoms with Gasteiger partial charge in [0.25, 0.3) is 15.9 Å². The van der Waals surface area contributed by atoms with Crippen LogP contribution in [0.15, 0.2) is 71.1 Å². The Morgan fingerprint density at radius 3 is 2.02 bits per heavy atom. The minimum atomic E-state index is -4.16. The number of nitrogens with two attached hydrogens (primary N) is 1. The maximum absolute atomic E-state index is 14.1. The average Bonchev–Trinajstić information content (AvgIpc) is 2.93. The Hall–Kier alpha value is -3.70. The van der Waals surface area contributed by atoms with Gasteiger partial charge in [0.2, 0.25) is 11.8 Å². The third-order valence-corrected chi connectivity index (χ3v) is 9.17. The van der Waals surface area contributed by atoms with E-state index in [0.717, 1.165) is 5.56 Å². The Bertz CT molecular complexity index is 1460. The van der Waals surface area contributed by atoms with Crippen LogP contribution in [0.5, 0.6) is 0 Å². The average molecular weight is 628 g/mol. The maximum atomic E-state index is 14.1. The van der Waals surface area contributed by atoms with Gasteiger partial charge in [-0.05, 0) is 49.1 Å². The lowest BCUT2D eigenvalue weighted by atomic mass is 9.76. The molecule has 0 aromatic heterocycles. The van der Waals surface area contributed by atoms with Crippen molar-refractivity contribution in [3.05, 3.63) is 71.8 Å². The zero-order valence-electron chi connectivity index (χ0n) is 27.6. The molecule has 242 valence electrons. The smallest absolute Gasteiger partial charge is 0.264 e. The fourth-order valence-corrected chi connectivity index (χ4v) is 6.18. The number of anilines is 1. The van der Waals surface area contributed by atoms with Crippen LogP contribution < -0.4 is 21.1 Å². The molecule has 3 atom stereocenters. The van der Waals surface area contributed by atoms with Crippen molar-refractivity contribution >= 4 is 33.4 Å². The predicted octanol–water partition coefficient (Wildman–Crippen LogP) is 3.60. The second-order valence-electron chi connectivity index (χ2n) is 13.2. The zero-order valence-corrected chi connectivity index (χ0v) is 28.4. The summed E-state index contributed by atoms with van der Waals surface area (Å²) in [4.78, 5) is 42.1. The van der Waals surface area contributed by atoms with Crippen LogP contribution in [0.4, 0.5) is 5.69 Å². The first-order chi connectivity index (χ1) is 20.2. The first kappa shape index (κ1) is 36.5. The van der Waals surface area contributed by atoms with Crippen LogP contribution in [0.2, 0.25) is 0 Å². The lowest BCUT2D eigenvalue weighted by Crippen LogP contribution is -2.61. The molecule has 0 aliphatic carbocycles. The number of rotatable bonds is 12. The molecule has 0 saturated heterocycles. The van der Waals surface area contributed by atoms with E-state index in [9.17, 15) is 22.8 Å². The Kier molecular flexibility index (Phi) is 11.9. The van der Waals surface area contributed by atoms with Gasteiger partial charge in [-0.2, -0.15) is 0 Å². The molecule has 0 bridgehead atoms. The summed E-state index contributed by atoms with van der Waals surface area (Å²) >= 11 is 0. The summed E-state index contributed by atoms with van der Waals surface area (Å²) in [6.07, 6.45) is 1.57. The molecule has 11 heteroatoms. The van der Waals surface area contributed by atoms with E-state index in [1.807, 2.05) is 78.8 Å². The summed E-state index contributed by atoms with van der Waals surface area (Å²) in [5, 5.41) is 6.14. The number of hydrogen-bond donors (Lipinski definition) is 4. The van der Waals surface area contributed by atoms with Crippen LogP contribution in [0, 0.1) is 11.3 Å². The highest BCUT2D eigenvalue weighted by molar-refractivity contribution is 7.90. The SMILES string of the molecule is CN[C@H](C(=O)N[C@H](C(=O)N(C)[C@H](/C=C(\C)C(=O)NS(=O)(=O)c1cccc(N)c1)C(C)C)C(C)(C)C)C(C)(C)c1ccccc1. The molecule has 2 aromatic rings. The number of hydrogen-bond acceptors (Lipinski definition) is 7. The van der Waals surface area contributed by atoms with Crippen molar-refractivity contribution in [1.29, 1.82) is 0 Å². The molecule has 2 aromatic carbocycles. The molecule has 0 radical (unpaired) electrons. The van der Waals surface area contributed by atoms with Crippen molar-refractivity contribution in [2.24, 2.45) is 11.3 Å². The molecule has 5 N–H and O–H groups in total. The summed E-state index contributed by atoms with van der Waals surface area (Å²) in [6.45, 7) is 14.9. The Labute approximate surface area is 262 Å². The Morgan fingerprint density at radius 2 is 1.52 bits per heavy atom. The predicted molar refractivity (Wildman–Crippen MR) is 175 cm³/mol. The molecule has 0 fully saturated rings. The van der Waals surface area contributed by atoms with Gasteiger partial charge in [0.1, 0.15) is 6.04 Å². The fourth-order valence-electron chi connectivity index (χ4n) is 5.11. The monoisotopic (exact) mass is 627 g/mol. The number of carbonyl (C=O) groups excluding carboxylic acids is 3. The molecule has 3 amide bonds. The van der Waals surface area contributed by atoms with E-state index >= 15 is 0 Å². The van der Waals surface area contributed by atoms with Gasteiger partial charge in [-0.15, -0.1) is 0 Å². The van der Waals surface area contributed by atoms with Crippen molar-refractivity contribution < 1.29 is 22.8 Å². The molecule has 0 aliphatic heterocycles. The molecule has 0 saturated carbocycles. The Balaban J connectivity index is 2.33. The van der Waals surface area contributed by atoms with Crippen LogP contribution in [0.25, 0.3) is 0 Å². The van der Waals surface area contributed by atoms with Gasteiger partial charge in [-0.1, -0.05) is 90.9 Å². The molecule has 0 heterocycles. The van der Waals surface area contributed by atoms with E-state index < -0.39 is 44.9 Å². The quantitative estimate of drug-likeness (QED) is 0.207. The van der Waals surface area contributed by atoms with Crippen molar-refractivity contribution in [2.75, 3.05) is 19.8 Å². The third kappa shape index (κ3) is 8.92. The van der Waals surface area contributed by atoms with Crippen molar-refractivity contribution in [1.82, 2.24) is 20.3 Å². The number of sulfonamides is 1. The van der Waals surface area contributed by atoms with E-state index in [0.29, 0.717) is 0 Å². The van der Waals surface area contributed by atoms with Crippen LogP contribution in [0.3, 0.4) is 0 Å². The van der Waals surface area contributed by atoms with Crippen molar-refractivity contribution in [3.8, 4) is 0 Å². The third-order valence-electron chi connectivity index (χ3n) is 7.84. The standard InChI is InChI=1S/C33H49N5O5S/c1-21(2)26(19-22(3)29(39)37-44(42,43)25-18-14-17-24(34)20-25)38(10)31(41)28(32(4,5)6)36-30(40)27(35-9)33(7,8)23-15-12-11-13-16-23/h11-21,26-28,35H,34H2,1-10H3,(H,36,40)(H,37,39)/b22-19+/t26-,27-,28-/m1/s1. The van der Waals surface area contributed by atoms with Crippen LogP contribution in [-0.4, -0.2) is 63.3 Å². The van der Waals surface area contributed by atoms with Crippen LogP contribution in [-0.2, 0) is 29.8 Å². The van der Waals surface area contributed by atoms with Gasteiger partial charge >= 0.3 is 0 Å². The minimum absolute atomic E-state index is 0.118. The molecule has 44 heavy (non-hydrogen) atoms. The van der Waals surface area contributed by atoms with Gasteiger partial charge in [0.05, 0.1) is 17.0 Å². The molecular formula is C33H49N5O5S. The largest absolute Gasteiger partial charge is 0.399 e. The lowest BCUT2D eigenvalue weighted by molar-refractivity contribution is -0.140. The first-order valence-electron chi connectivity index (χ1n) is 14.6. The van der Waals surface area contributed by atoms with E-state index in [4.69, 9.17) is 5.73 Å². The maximum Gasteiger partial charge on any atom is 0.264 e. The summed E-state index contributed by atoms with van der Waals surface area (Å²) < 4.78 is 27.6. The van der Waals surface area contributed by atoms with Gasteiger partial charge in [-0.25, -0.2) is 13.1 Å². The second kappa shape index (κ2) is 14.4. The number of nitrogen functional groups attached to an aromatic ring is 1. The highest BCUT2D eigenvalue weighted by atomic mass is 32.2. The Morgan fingerprint density at radius 1 is 0.932 bits per heavy atom. The summed E-state index contributed by atoms with van der Waals surface area (Å²) in [5.74, 6) is -1.62. The second-order valence-corrected chi connectivity index (χ2v) is 14.8. The van der Waals surface area contributed by atoms with E-state index in [1.54, 1.807) is 26.2 Å². The summed E-state index contributed by atoms with van der Waals surface area (Å²) in [6, 6.07) is 13.2. The lowest BCUT2D eigenvalue weighted by Gasteiger charge is -2.40. The van der Waals surface area contributed by atoms with Gasteiger partial charge in [0, 0.05) is 23.7 Å². The topological polar surface area (TPSA) is 151 Å². The molecule has 0 aliphatic rings. The van der Waals surface area contributed by atoms with Crippen molar-refractivity contribution in [2.45, 2.75) is 83.8 Å². The van der Waals surface area contributed by atoms with Gasteiger partial charge in [-0.3, -0.25) is 14.4 Å². The normalized spacial score (nSPS) is 14.8. The minimum Gasteiger partial charge on any atom is -0.399 e. The number of nitrogens with one attached hydrogen (secondary N) is 3. The molecular weight excluding hydrogens is 578 g/mol. The number of likely N-dealkylation sites (N-methyl/N-ethyl adjacent to an activating group) is 2.